The smallest absolute Gasteiger partial charge is 0.250 e. The van der Waals surface area contributed by atoms with E-state index >= 15 is 0 Å². The molecule has 4 aliphatic rings. The van der Waals surface area contributed by atoms with Gasteiger partial charge in [0.1, 0.15) is 12.6 Å². The van der Waals surface area contributed by atoms with E-state index in [1.165, 1.54) is 9.21 Å². The molecule has 1 saturated carbocycles. The van der Waals surface area contributed by atoms with Crippen LogP contribution < -0.4 is 15.1 Å². The molecule has 2 amide bonds. The Labute approximate surface area is 190 Å². The molecule has 1 atom stereocenters. The quantitative estimate of drug-likeness (QED) is 0.728. The molecule has 32 heavy (non-hydrogen) atoms. The molecule has 2 saturated heterocycles. The lowest BCUT2D eigenvalue weighted by Crippen LogP contribution is -2.57. The van der Waals surface area contributed by atoms with Crippen molar-refractivity contribution in [2.45, 2.75) is 74.8 Å². The average molecular weight is 461 g/mol. The molecule has 3 aliphatic heterocycles. The summed E-state index contributed by atoms with van der Waals surface area (Å²) in [5, 5.41) is 3.07. The minimum atomic E-state index is -3.61. The van der Waals surface area contributed by atoms with Crippen LogP contribution in [0.25, 0.3) is 0 Å². The Morgan fingerprint density at radius 2 is 1.62 bits per heavy atom. The predicted molar refractivity (Wildman–Crippen MR) is 122 cm³/mol. The molecule has 1 aromatic carbocycles. The average Bonchev–Trinajstić information content (AvgIpc) is 3.51. The van der Waals surface area contributed by atoms with Gasteiger partial charge in [-0.1, -0.05) is 12.8 Å². The lowest BCUT2D eigenvalue weighted by Gasteiger charge is -2.45. The second-order valence-corrected chi connectivity index (χ2v) is 11.4. The summed E-state index contributed by atoms with van der Waals surface area (Å²) in [7, 11) is -3.61. The standard InChI is InChI=1S/C23H32N4O4S/c28-22(24-17-7-1-2-8-17)16-27-21-15-18(32(30,31)25-12-5-6-13-25)10-11-19(21)26-14-4-3-9-20(26)23(27)29/h10-11,15,17,20H,1-9,12-14,16H2,(H,24,28)/t20-/m1/s1. The van der Waals surface area contributed by atoms with Crippen molar-refractivity contribution in [3.05, 3.63) is 18.2 Å². The topological polar surface area (TPSA) is 90.0 Å². The van der Waals surface area contributed by atoms with E-state index in [9.17, 15) is 18.0 Å². The lowest BCUT2D eigenvalue weighted by molar-refractivity contribution is -0.125. The number of carbonyl (C=O) groups is 2. The van der Waals surface area contributed by atoms with Crippen LogP contribution >= 0.6 is 0 Å². The summed E-state index contributed by atoms with van der Waals surface area (Å²) in [6.07, 6.45) is 8.65. The van der Waals surface area contributed by atoms with Gasteiger partial charge < -0.3 is 10.2 Å². The molecule has 3 heterocycles. The summed E-state index contributed by atoms with van der Waals surface area (Å²) >= 11 is 0. The molecule has 8 nitrogen and oxygen atoms in total. The van der Waals surface area contributed by atoms with Gasteiger partial charge in [0.25, 0.3) is 0 Å². The van der Waals surface area contributed by atoms with Gasteiger partial charge in [-0.15, -0.1) is 0 Å². The van der Waals surface area contributed by atoms with Crippen LogP contribution in [-0.2, 0) is 19.6 Å². The zero-order valence-electron chi connectivity index (χ0n) is 18.5. The van der Waals surface area contributed by atoms with E-state index in [4.69, 9.17) is 0 Å². The molecule has 174 valence electrons. The Hall–Kier alpha value is -2.13. The van der Waals surface area contributed by atoms with E-state index in [0.29, 0.717) is 18.8 Å². The van der Waals surface area contributed by atoms with Gasteiger partial charge in [0.2, 0.25) is 21.8 Å². The number of amides is 2. The summed E-state index contributed by atoms with van der Waals surface area (Å²) < 4.78 is 27.9. The van der Waals surface area contributed by atoms with E-state index in [-0.39, 0.29) is 35.3 Å². The summed E-state index contributed by atoms with van der Waals surface area (Å²) in [6, 6.07) is 4.98. The first kappa shape index (κ1) is 21.7. The molecular weight excluding hydrogens is 428 g/mol. The van der Waals surface area contributed by atoms with Gasteiger partial charge in [0.05, 0.1) is 16.3 Å². The van der Waals surface area contributed by atoms with E-state index in [0.717, 1.165) is 70.0 Å². The van der Waals surface area contributed by atoms with Crippen molar-refractivity contribution in [3.8, 4) is 0 Å². The third kappa shape index (κ3) is 3.90. The van der Waals surface area contributed by atoms with Crippen molar-refractivity contribution in [2.75, 3.05) is 36.0 Å². The molecule has 0 bridgehead atoms. The molecule has 1 aliphatic carbocycles. The zero-order chi connectivity index (χ0) is 22.3. The molecular formula is C23H32N4O4S. The molecule has 1 N–H and O–H groups in total. The van der Waals surface area contributed by atoms with Gasteiger partial charge in [-0.05, 0) is 63.1 Å². The third-order valence-corrected chi connectivity index (χ3v) is 9.22. The first-order chi connectivity index (χ1) is 15.4. The van der Waals surface area contributed by atoms with Crippen molar-refractivity contribution in [1.82, 2.24) is 9.62 Å². The maximum absolute atomic E-state index is 13.5. The summed E-state index contributed by atoms with van der Waals surface area (Å²) in [5.74, 6) is -0.275. The minimum Gasteiger partial charge on any atom is -0.358 e. The summed E-state index contributed by atoms with van der Waals surface area (Å²) in [6.45, 7) is 1.75. The van der Waals surface area contributed by atoms with Crippen LogP contribution in [0.3, 0.4) is 0 Å². The monoisotopic (exact) mass is 460 g/mol. The molecule has 0 spiro atoms. The number of nitrogens with zero attached hydrogens (tertiary/aromatic N) is 3. The molecule has 0 aromatic heterocycles. The van der Waals surface area contributed by atoms with Crippen LogP contribution in [0.2, 0.25) is 0 Å². The zero-order valence-corrected chi connectivity index (χ0v) is 19.3. The number of nitrogens with one attached hydrogen (secondary N) is 1. The minimum absolute atomic E-state index is 0.0696. The predicted octanol–water partition coefficient (Wildman–Crippen LogP) is 2.24. The number of hydrogen-bond acceptors (Lipinski definition) is 5. The van der Waals surface area contributed by atoms with Crippen LogP contribution in [0.5, 0.6) is 0 Å². The van der Waals surface area contributed by atoms with Crippen molar-refractivity contribution in [3.63, 3.8) is 0 Å². The molecule has 9 heteroatoms. The van der Waals surface area contributed by atoms with E-state index in [2.05, 4.69) is 10.2 Å². The number of rotatable bonds is 5. The van der Waals surface area contributed by atoms with Crippen LogP contribution in [0, 0.1) is 0 Å². The van der Waals surface area contributed by atoms with Gasteiger partial charge >= 0.3 is 0 Å². The van der Waals surface area contributed by atoms with Crippen LogP contribution in [-0.4, -0.2) is 62.8 Å². The van der Waals surface area contributed by atoms with E-state index in [1.54, 1.807) is 12.1 Å². The highest BCUT2D eigenvalue weighted by Crippen LogP contribution is 2.41. The van der Waals surface area contributed by atoms with Gasteiger partial charge in [0.15, 0.2) is 0 Å². The largest absolute Gasteiger partial charge is 0.358 e. The first-order valence-electron chi connectivity index (χ1n) is 12.0. The molecule has 1 aromatic rings. The van der Waals surface area contributed by atoms with E-state index in [1.807, 2.05) is 6.07 Å². The van der Waals surface area contributed by atoms with Crippen molar-refractivity contribution >= 4 is 33.2 Å². The molecule has 5 rings (SSSR count). The fourth-order valence-corrected chi connectivity index (χ4v) is 7.16. The molecule has 0 radical (unpaired) electrons. The van der Waals surface area contributed by atoms with Crippen molar-refractivity contribution < 1.29 is 18.0 Å². The second-order valence-electron chi connectivity index (χ2n) is 9.44. The molecule has 0 unspecified atom stereocenters. The Kier molecular flexibility index (Phi) is 5.88. The van der Waals surface area contributed by atoms with Gasteiger partial charge in [-0.25, -0.2) is 8.42 Å². The van der Waals surface area contributed by atoms with Gasteiger partial charge in [0, 0.05) is 25.7 Å². The highest BCUT2D eigenvalue weighted by Gasteiger charge is 2.41. The van der Waals surface area contributed by atoms with Crippen LogP contribution in [0.4, 0.5) is 11.4 Å². The Morgan fingerprint density at radius 1 is 0.938 bits per heavy atom. The number of hydrogen-bond donors (Lipinski definition) is 1. The summed E-state index contributed by atoms with van der Waals surface area (Å²) in [4.78, 5) is 30.1. The number of benzene rings is 1. The normalized spacial score (nSPS) is 24.5. The Bertz CT molecular complexity index is 999. The second kappa shape index (κ2) is 8.67. The number of anilines is 2. The van der Waals surface area contributed by atoms with E-state index < -0.39 is 10.0 Å². The first-order valence-corrected chi connectivity index (χ1v) is 13.4. The SMILES string of the molecule is O=C(CN1C(=O)[C@H]2CCCCN2c2ccc(S(=O)(=O)N3CCCC3)cc21)NC1CCCC1. The number of sulfonamides is 1. The fraction of sp³-hybridized carbons (Fsp3) is 0.652. The number of fused-ring (bicyclic) bond motifs is 3. The van der Waals surface area contributed by atoms with Crippen molar-refractivity contribution in [1.29, 1.82) is 0 Å². The third-order valence-electron chi connectivity index (χ3n) is 7.33. The summed E-state index contributed by atoms with van der Waals surface area (Å²) in [5.41, 5.74) is 1.39. The molecule has 3 fully saturated rings. The van der Waals surface area contributed by atoms with Gasteiger partial charge in [-0.3, -0.25) is 14.5 Å². The number of carbonyl (C=O) groups excluding carboxylic acids is 2. The van der Waals surface area contributed by atoms with Crippen LogP contribution in [0.15, 0.2) is 23.1 Å². The van der Waals surface area contributed by atoms with Crippen molar-refractivity contribution in [2.24, 2.45) is 0 Å². The lowest BCUT2D eigenvalue weighted by atomic mass is 9.96. The van der Waals surface area contributed by atoms with Gasteiger partial charge in [-0.2, -0.15) is 4.31 Å². The maximum Gasteiger partial charge on any atom is 0.250 e. The highest BCUT2D eigenvalue weighted by molar-refractivity contribution is 7.89. The highest BCUT2D eigenvalue weighted by atomic mass is 32.2. The van der Waals surface area contributed by atoms with Crippen LogP contribution in [0.1, 0.15) is 57.8 Å². The number of piperidine rings is 1. The Morgan fingerprint density at radius 3 is 2.38 bits per heavy atom. The maximum atomic E-state index is 13.5. The Balaban J connectivity index is 1.48. The fourth-order valence-electron chi connectivity index (χ4n) is 5.63.